The highest BCUT2D eigenvalue weighted by atomic mass is 35.5. The fourth-order valence-corrected chi connectivity index (χ4v) is 3.19. The molecule has 1 aliphatic carbocycles. The summed E-state index contributed by atoms with van der Waals surface area (Å²) < 4.78 is 19.0. The number of carbonyl (C=O) groups excluding carboxylic acids is 1. The minimum absolute atomic E-state index is 0.0301. The average molecular weight is 328 g/mol. The number of nitrogens with zero attached hydrogens (tertiary/aromatic N) is 1. The third-order valence-corrected chi connectivity index (χ3v) is 4.46. The first-order valence-corrected chi connectivity index (χ1v) is 7.44. The molecule has 1 N–H and O–H groups in total. The molecular formula is C15H15ClFNO4. The van der Waals surface area contributed by atoms with Crippen molar-refractivity contribution in [2.24, 2.45) is 5.92 Å². The van der Waals surface area contributed by atoms with Crippen LogP contribution in [0.2, 0.25) is 5.02 Å². The molecule has 7 heteroatoms. The van der Waals surface area contributed by atoms with Crippen LogP contribution in [0.25, 0.3) is 0 Å². The lowest BCUT2D eigenvalue weighted by Gasteiger charge is -2.31. The predicted molar refractivity (Wildman–Crippen MR) is 76.2 cm³/mol. The number of aliphatic carboxylic acids is 1. The Morgan fingerprint density at radius 2 is 2.18 bits per heavy atom. The van der Waals surface area contributed by atoms with E-state index in [1.54, 1.807) is 6.07 Å². The standard InChI is InChI=1S/C15H15ClFNO4/c16-10-2-1-3-11(17)13(10)8-6-9(8)14(19)18-4-5-22-12(7-18)15(20)21/h1-3,8-9,12H,4-7H2,(H,20,21)/t8-,9-,12-/m0/s1. The molecule has 1 saturated heterocycles. The zero-order chi connectivity index (χ0) is 15.9. The largest absolute Gasteiger partial charge is 0.479 e. The highest BCUT2D eigenvalue weighted by molar-refractivity contribution is 6.31. The normalized spacial score (nSPS) is 27.5. The van der Waals surface area contributed by atoms with E-state index in [9.17, 15) is 14.0 Å². The Labute approximate surface area is 131 Å². The van der Waals surface area contributed by atoms with Gasteiger partial charge in [-0.05, 0) is 18.6 Å². The summed E-state index contributed by atoms with van der Waals surface area (Å²) >= 11 is 6.02. The number of ether oxygens (including phenoxy) is 1. The van der Waals surface area contributed by atoms with Gasteiger partial charge in [0.15, 0.2) is 6.10 Å². The first kappa shape index (κ1) is 15.2. The Bertz CT molecular complexity index is 603. The van der Waals surface area contributed by atoms with Gasteiger partial charge in [0.25, 0.3) is 0 Å². The predicted octanol–water partition coefficient (Wildman–Crippen LogP) is 1.89. The monoisotopic (exact) mass is 327 g/mol. The van der Waals surface area contributed by atoms with Crippen LogP contribution in [0.5, 0.6) is 0 Å². The van der Waals surface area contributed by atoms with Crippen molar-refractivity contribution in [2.45, 2.75) is 18.4 Å². The van der Waals surface area contributed by atoms with Crippen LogP contribution in [0.15, 0.2) is 18.2 Å². The van der Waals surface area contributed by atoms with Crippen molar-refractivity contribution in [3.8, 4) is 0 Å². The summed E-state index contributed by atoms with van der Waals surface area (Å²) in [6.07, 6.45) is -0.457. The summed E-state index contributed by atoms with van der Waals surface area (Å²) in [5.74, 6) is -2.20. The van der Waals surface area contributed by atoms with Crippen molar-refractivity contribution >= 4 is 23.5 Å². The topological polar surface area (TPSA) is 66.8 Å². The van der Waals surface area contributed by atoms with E-state index in [0.29, 0.717) is 23.6 Å². The van der Waals surface area contributed by atoms with Gasteiger partial charge in [-0.3, -0.25) is 4.79 Å². The van der Waals surface area contributed by atoms with Crippen LogP contribution in [0.1, 0.15) is 17.9 Å². The maximum absolute atomic E-state index is 13.9. The zero-order valence-corrected chi connectivity index (χ0v) is 12.4. The number of carbonyl (C=O) groups is 2. The van der Waals surface area contributed by atoms with Gasteiger partial charge >= 0.3 is 5.97 Å². The van der Waals surface area contributed by atoms with E-state index >= 15 is 0 Å². The van der Waals surface area contributed by atoms with Crippen molar-refractivity contribution in [1.82, 2.24) is 4.90 Å². The lowest BCUT2D eigenvalue weighted by molar-refractivity contribution is -0.159. The molecule has 0 spiro atoms. The summed E-state index contributed by atoms with van der Waals surface area (Å²) in [6, 6.07) is 4.46. The van der Waals surface area contributed by atoms with Gasteiger partial charge in [-0.15, -0.1) is 0 Å². The molecule has 5 nitrogen and oxygen atoms in total. The number of rotatable bonds is 3. The molecule has 1 heterocycles. The molecule has 0 aromatic heterocycles. The molecule has 1 amide bonds. The van der Waals surface area contributed by atoms with Crippen LogP contribution in [0, 0.1) is 11.7 Å². The number of carboxylic acids is 1. The first-order chi connectivity index (χ1) is 10.5. The summed E-state index contributed by atoms with van der Waals surface area (Å²) in [4.78, 5) is 24.9. The molecule has 1 aromatic rings. The molecule has 0 radical (unpaired) electrons. The van der Waals surface area contributed by atoms with Gasteiger partial charge in [0.2, 0.25) is 5.91 Å². The lowest BCUT2D eigenvalue weighted by Crippen LogP contribution is -2.49. The number of halogens is 2. The molecule has 1 aromatic carbocycles. The number of morpholine rings is 1. The van der Waals surface area contributed by atoms with Gasteiger partial charge in [-0.2, -0.15) is 0 Å². The Balaban J connectivity index is 1.69. The van der Waals surface area contributed by atoms with Crippen molar-refractivity contribution in [3.05, 3.63) is 34.6 Å². The second-order valence-corrected chi connectivity index (χ2v) is 5.97. The minimum atomic E-state index is -1.08. The van der Waals surface area contributed by atoms with E-state index in [1.165, 1.54) is 17.0 Å². The molecule has 1 saturated carbocycles. The van der Waals surface area contributed by atoms with Crippen LogP contribution in [-0.4, -0.2) is 47.7 Å². The average Bonchev–Trinajstić information content (AvgIpc) is 3.26. The fraction of sp³-hybridized carbons (Fsp3) is 0.467. The van der Waals surface area contributed by atoms with Gasteiger partial charge < -0.3 is 14.7 Å². The van der Waals surface area contributed by atoms with E-state index in [4.69, 9.17) is 21.4 Å². The minimum Gasteiger partial charge on any atom is -0.479 e. The van der Waals surface area contributed by atoms with Crippen LogP contribution in [0.4, 0.5) is 4.39 Å². The first-order valence-electron chi connectivity index (χ1n) is 7.06. The van der Waals surface area contributed by atoms with Crippen LogP contribution >= 0.6 is 11.6 Å². The van der Waals surface area contributed by atoms with Gasteiger partial charge in [0.05, 0.1) is 13.2 Å². The van der Waals surface area contributed by atoms with Crippen molar-refractivity contribution in [3.63, 3.8) is 0 Å². The van der Waals surface area contributed by atoms with E-state index < -0.39 is 17.9 Å². The molecule has 3 atom stereocenters. The highest BCUT2D eigenvalue weighted by Gasteiger charge is 2.48. The third kappa shape index (κ3) is 2.80. The van der Waals surface area contributed by atoms with E-state index in [1.807, 2.05) is 0 Å². The third-order valence-electron chi connectivity index (χ3n) is 4.13. The summed E-state index contributed by atoms with van der Waals surface area (Å²) in [6.45, 7) is 0.583. The smallest absolute Gasteiger partial charge is 0.334 e. The highest BCUT2D eigenvalue weighted by Crippen LogP contribution is 2.51. The fourth-order valence-electron chi connectivity index (χ4n) is 2.89. The van der Waals surface area contributed by atoms with Gasteiger partial charge in [-0.1, -0.05) is 17.7 Å². The number of hydrogen-bond acceptors (Lipinski definition) is 3. The Morgan fingerprint density at radius 1 is 1.41 bits per heavy atom. The van der Waals surface area contributed by atoms with Gasteiger partial charge in [-0.25, -0.2) is 9.18 Å². The van der Waals surface area contributed by atoms with Crippen LogP contribution in [0.3, 0.4) is 0 Å². The van der Waals surface area contributed by atoms with Gasteiger partial charge in [0, 0.05) is 29.0 Å². The molecule has 2 aliphatic rings. The molecular weight excluding hydrogens is 313 g/mol. The Kier molecular flexibility index (Phi) is 4.06. The number of amides is 1. The molecule has 118 valence electrons. The molecule has 2 fully saturated rings. The summed E-state index contributed by atoms with van der Waals surface area (Å²) in [5, 5.41) is 9.29. The molecule has 0 bridgehead atoms. The molecule has 22 heavy (non-hydrogen) atoms. The molecule has 1 aliphatic heterocycles. The van der Waals surface area contributed by atoms with Crippen molar-refractivity contribution < 1.29 is 23.8 Å². The zero-order valence-electron chi connectivity index (χ0n) is 11.7. The Hall–Kier alpha value is -1.66. The number of carboxylic acid groups (broad SMARTS) is 1. The SMILES string of the molecule is O=C(O)[C@@H]1CN(C(=O)[C@H]2C[C@@H]2c2c(F)cccc2Cl)CCO1. The summed E-state index contributed by atoms with van der Waals surface area (Å²) in [7, 11) is 0. The van der Waals surface area contributed by atoms with Crippen molar-refractivity contribution in [1.29, 1.82) is 0 Å². The second-order valence-electron chi connectivity index (χ2n) is 5.57. The molecule has 3 rings (SSSR count). The van der Waals surface area contributed by atoms with Crippen LogP contribution < -0.4 is 0 Å². The van der Waals surface area contributed by atoms with E-state index in [-0.39, 0.29) is 30.9 Å². The maximum atomic E-state index is 13.9. The number of hydrogen-bond donors (Lipinski definition) is 1. The maximum Gasteiger partial charge on any atom is 0.334 e. The van der Waals surface area contributed by atoms with E-state index in [0.717, 1.165) is 0 Å². The quantitative estimate of drug-likeness (QED) is 0.920. The van der Waals surface area contributed by atoms with Crippen molar-refractivity contribution in [2.75, 3.05) is 19.7 Å². The van der Waals surface area contributed by atoms with Crippen LogP contribution in [-0.2, 0) is 14.3 Å². The van der Waals surface area contributed by atoms with Gasteiger partial charge in [0.1, 0.15) is 5.82 Å². The second kappa shape index (κ2) is 5.85. The summed E-state index contributed by atoms with van der Waals surface area (Å²) in [5.41, 5.74) is 0.380. The number of benzene rings is 1. The van der Waals surface area contributed by atoms with E-state index in [2.05, 4.69) is 0 Å². The lowest BCUT2D eigenvalue weighted by atomic mass is 10.1. The molecule has 0 unspecified atom stereocenters. The Morgan fingerprint density at radius 3 is 2.86 bits per heavy atom.